The minimum atomic E-state index is -0.506. The molecule has 0 aliphatic heterocycles. The molecule has 0 aliphatic carbocycles. The first-order chi connectivity index (χ1) is 14.6. The lowest BCUT2D eigenvalue weighted by Gasteiger charge is -2.21. The average Bonchev–Trinajstić information content (AvgIpc) is 2.73. The lowest BCUT2D eigenvalue weighted by atomic mass is 9.86. The largest absolute Gasteiger partial charge is 0.348 e. The molecule has 2 aromatic carbocycles. The van der Waals surface area contributed by atoms with Crippen LogP contribution in [0.3, 0.4) is 0 Å². The number of hydrogen-bond acceptors (Lipinski definition) is 3. The summed E-state index contributed by atoms with van der Waals surface area (Å²) in [5.74, 6) is -0.385. The molecule has 1 atom stereocenters. The average molecular weight is 420 g/mol. The van der Waals surface area contributed by atoms with Gasteiger partial charge in [-0.1, -0.05) is 75.4 Å². The fourth-order valence-electron chi connectivity index (χ4n) is 3.39. The van der Waals surface area contributed by atoms with Crippen LogP contribution in [0.5, 0.6) is 0 Å². The molecule has 0 spiro atoms. The zero-order chi connectivity index (χ0) is 22.6. The Morgan fingerprint density at radius 3 is 2.23 bits per heavy atom. The second kappa shape index (κ2) is 9.16. The standard InChI is InChI=1S/C25H29N3O3/c1-18(20-10-12-21(13-11-20)25(2,3)4)26-22(29)17-28-23(30)14-15-27(24(28)31)16-19-8-6-5-7-9-19/h5-15,18H,16-17H2,1-4H3,(H,26,29). The van der Waals surface area contributed by atoms with Gasteiger partial charge in [-0.15, -0.1) is 0 Å². The highest BCUT2D eigenvalue weighted by molar-refractivity contribution is 5.76. The molecule has 0 saturated heterocycles. The molecule has 1 unspecified atom stereocenters. The van der Waals surface area contributed by atoms with E-state index in [1.165, 1.54) is 22.4 Å². The van der Waals surface area contributed by atoms with Crippen LogP contribution < -0.4 is 16.6 Å². The van der Waals surface area contributed by atoms with E-state index in [0.29, 0.717) is 6.54 Å². The van der Waals surface area contributed by atoms with Crippen molar-refractivity contribution < 1.29 is 4.79 Å². The Labute approximate surface area is 182 Å². The summed E-state index contributed by atoms with van der Waals surface area (Å²) < 4.78 is 2.40. The molecule has 0 aliphatic rings. The topological polar surface area (TPSA) is 73.1 Å². The van der Waals surface area contributed by atoms with E-state index in [-0.39, 0.29) is 23.9 Å². The van der Waals surface area contributed by atoms with Crippen LogP contribution in [0.4, 0.5) is 0 Å². The van der Waals surface area contributed by atoms with Crippen LogP contribution in [0, 0.1) is 0 Å². The zero-order valence-corrected chi connectivity index (χ0v) is 18.5. The van der Waals surface area contributed by atoms with Crippen LogP contribution >= 0.6 is 0 Å². The summed E-state index contributed by atoms with van der Waals surface area (Å²) in [6.45, 7) is 8.33. The number of benzene rings is 2. The monoisotopic (exact) mass is 419 g/mol. The van der Waals surface area contributed by atoms with E-state index >= 15 is 0 Å². The maximum atomic E-state index is 12.8. The molecule has 6 heteroatoms. The second-order valence-electron chi connectivity index (χ2n) is 8.80. The minimum absolute atomic E-state index is 0.0547. The SMILES string of the molecule is CC(NC(=O)Cn1c(=O)ccn(Cc2ccccc2)c1=O)c1ccc(C(C)(C)C)cc1. The molecule has 1 aromatic heterocycles. The molecule has 3 aromatic rings. The fraction of sp³-hybridized carbons (Fsp3) is 0.320. The number of rotatable bonds is 6. The number of nitrogens with zero attached hydrogens (tertiary/aromatic N) is 2. The highest BCUT2D eigenvalue weighted by Crippen LogP contribution is 2.23. The van der Waals surface area contributed by atoms with Gasteiger partial charge < -0.3 is 5.32 Å². The lowest BCUT2D eigenvalue weighted by molar-refractivity contribution is -0.122. The van der Waals surface area contributed by atoms with Crippen molar-refractivity contribution in [2.45, 2.75) is 52.2 Å². The van der Waals surface area contributed by atoms with Gasteiger partial charge in [0.1, 0.15) is 6.54 Å². The van der Waals surface area contributed by atoms with Crippen molar-refractivity contribution in [3.63, 3.8) is 0 Å². The van der Waals surface area contributed by atoms with Crippen molar-refractivity contribution in [2.24, 2.45) is 0 Å². The molecular weight excluding hydrogens is 390 g/mol. The summed E-state index contributed by atoms with van der Waals surface area (Å²) in [5.41, 5.74) is 2.17. The van der Waals surface area contributed by atoms with Crippen LogP contribution in [0.2, 0.25) is 0 Å². The van der Waals surface area contributed by atoms with Crippen molar-refractivity contribution in [3.05, 3.63) is 104 Å². The highest BCUT2D eigenvalue weighted by Gasteiger charge is 2.16. The lowest BCUT2D eigenvalue weighted by Crippen LogP contribution is -2.43. The molecular formula is C25H29N3O3. The van der Waals surface area contributed by atoms with Crippen LogP contribution in [0.15, 0.2) is 76.4 Å². The highest BCUT2D eigenvalue weighted by atomic mass is 16.2. The van der Waals surface area contributed by atoms with Gasteiger partial charge in [0.25, 0.3) is 5.56 Å². The van der Waals surface area contributed by atoms with Gasteiger partial charge in [0.05, 0.1) is 12.6 Å². The summed E-state index contributed by atoms with van der Waals surface area (Å²) in [5, 5.41) is 2.88. The van der Waals surface area contributed by atoms with E-state index in [0.717, 1.165) is 15.7 Å². The number of hydrogen-bond donors (Lipinski definition) is 1. The quantitative estimate of drug-likeness (QED) is 0.667. The summed E-state index contributed by atoms with van der Waals surface area (Å²) in [6.07, 6.45) is 1.46. The van der Waals surface area contributed by atoms with Crippen molar-refractivity contribution >= 4 is 5.91 Å². The Bertz CT molecular complexity index is 1150. The van der Waals surface area contributed by atoms with Gasteiger partial charge in [-0.2, -0.15) is 0 Å². The maximum Gasteiger partial charge on any atom is 0.331 e. The summed E-state index contributed by atoms with van der Waals surface area (Å²) in [4.78, 5) is 37.6. The molecule has 1 N–H and O–H groups in total. The minimum Gasteiger partial charge on any atom is -0.348 e. The summed E-state index contributed by atoms with van der Waals surface area (Å²) in [7, 11) is 0. The van der Waals surface area contributed by atoms with Gasteiger partial charge in [0.2, 0.25) is 5.91 Å². The van der Waals surface area contributed by atoms with Gasteiger partial charge in [-0.3, -0.25) is 18.7 Å². The van der Waals surface area contributed by atoms with E-state index in [1.807, 2.05) is 49.4 Å². The van der Waals surface area contributed by atoms with E-state index in [4.69, 9.17) is 0 Å². The van der Waals surface area contributed by atoms with Gasteiger partial charge in [-0.05, 0) is 29.0 Å². The Morgan fingerprint density at radius 2 is 1.61 bits per heavy atom. The first-order valence-corrected chi connectivity index (χ1v) is 10.4. The first kappa shape index (κ1) is 22.3. The third-order valence-electron chi connectivity index (χ3n) is 5.29. The van der Waals surface area contributed by atoms with Crippen molar-refractivity contribution in [3.8, 4) is 0 Å². The number of aromatic nitrogens is 2. The molecule has 0 bridgehead atoms. The molecule has 1 amide bonds. The van der Waals surface area contributed by atoms with Gasteiger partial charge in [0, 0.05) is 12.3 Å². The number of carbonyl (C=O) groups is 1. The van der Waals surface area contributed by atoms with Crippen molar-refractivity contribution in [1.29, 1.82) is 0 Å². The van der Waals surface area contributed by atoms with Crippen LogP contribution in [0.25, 0.3) is 0 Å². The van der Waals surface area contributed by atoms with Gasteiger partial charge >= 0.3 is 5.69 Å². The Balaban J connectivity index is 1.72. The Morgan fingerprint density at radius 1 is 0.968 bits per heavy atom. The van der Waals surface area contributed by atoms with E-state index in [1.54, 1.807) is 0 Å². The number of amides is 1. The second-order valence-corrected chi connectivity index (χ2v) is 8.80. The molecule has 0 radical (unpaired) electrons. The molecule has 0 saturated carbocycles. The zero-order valence-electron chi connectivity index (χ0n) is 18.5. The van der Waals surface area contributed by atoms with Crippen LogP contribution in [-0.2, 0) is 23.3 Å². The van der Waals surface area contributed by atoms with E-state index < -0.39 is 11.2 Å². The van der Waals surface area contributed by atoms with E-state index in [2.05, 4.69) is 38.2 Å². The number of carbonyl (C=O) groups excluding carboxylic acids is 1. The third-order valence-corrected chi connectivity index (χ3v) is 5.29. The van der Waals surface area contributed by atoms with Crippen molar-refractivity contribution in [1.82, 2.24) is 14.5 Å². The summed E-state index contributed by atoms with van der Waals surface area (Å²) in [6, 6.07) is 18.7. The van der Waals surface area contributed by atoms with E-state index in [9.17, 15) is 14.4 Å². The molecule has 162 valence electrons. The molecule has 3 rings (SSSR count). The molecule has 6 nitrogen and oxygen atoms in total. The first-order valence-electron chi connectivity index (χ1n) is 10.4. The predicted octanol–water partition coefficient (Wildman–Crippen LogP) is 3.23. The summed E-state index contributed by atoms with van der Waals surface area (Å²) >= 11 is 0. The fourth-order valence-corrected chi connectivity index (χ4v) is 3.39. The van der Waals surface area contributed by atoms with Crippen LogP contribution in [0.1, 0.15) is 50.4 Å². The van der Waals surface area contributed by atoms with Crippen LogP contribution in [-0.4, -0.2) is 15.0 Å². The normalized spacial score (nSPS) is 12.4. The molecule has 0 fully saturated rings. The maximum absolute atomic E-state index is 12.8. The molecule has 1 heterocycles. The van der Waals surface area contributed by atoms with Crippen molar-refractivity contribution in [2.75, 3.05) is 0 Å². The molecule has 31 heavy (non-hydrogen) atoms. The third kappa shape index (κ3) is 5.60. The Hall–Kier alpha value is -3.41. The number of nitrogens with one attached hydrogen (secondary N) is 1. The Kier molecular flexibility index (Phi) is 6.59. The van der Waals surface area contributed by atoms with Gasteiger partial charge in [0.15, 0.2) is 0 Å². The smallest absolute Gasteiger partial charge is 0.331 e. The predicted molar refractivity (Wildman–Crippen MR) is 122 cm³/mol. The van der Waals surface area contributed by atoms with Gasteiger partial charge in [-0.25, -0.2) is 4.79 Å².